The molecule has 7 nitrogen and oxygen atoms in total. The van der Waals surface area contributed by atoms with Gasteiger partial charge in [-0.2, -0.15) is 0 Å². The Morgan fingerprint density at radius 2 is 2.22 bits per heavy atom. The fourth-order valence-corrected chi connectivity index (χ4v) is 3.64. The van der Waals surface area contributed by atoms with E-state index in [0.717, 1.165) is 32.2 Å². The van der Waals surface area contributed by atoms with Gasteiger partial charge in [0.05, 0.1) is 12.0 Å². The first-order valence-electron chi connectivity index (χ1n) is 8.36. The van der Waals surface area contributed by atoms with Gasteiger partial charge in [-0.15, -0.1) is 0 Å². The molecule has 2 fully saturated rings. The minimum Gasteiger partial charge on any atom is -0.389 e. The second-order valence-corrected chi connectivity index (χ2v) is 6.70. The number of hydrogen-bond donors (Lipinski definition) is 3. The van der Waals surface area contributed by atoms with Gasteiger partial charge in [0.2, 0.25) is 5.91 Å². The smallest absolute Gasteiger partial charge is 0.290 e. The molecule has 1 aliphatic carbocycles. The first-order chi connectivity index (χ1) is 11.1. The fraction of sp³-hybridized carbons (Fsp3) is 0.688. The lowest BCUT2D eigenvalue weighted by molar-refractivity contribution is -0.126. The number of piperidine rings is 1. The van der Waals surface area contributed by atoms with E-state index in [-0.39, 0.29) is 23.9 Å². The lowest BCUT2D eigenvalue weighted by atomic mass is 9.97. The average Bonchev–Trinajstić information content (AvgIpc) is 2.94. The maximum absolute atomic E-state index is 12.2. The number of H-pyrrole nitrogens is 1. The summed E-state index contributed by atoms with van der Waals surface area (Å²) < 4.78 is 0. The quantitative estimate of drug-likeness (QED) is 0.752. The van der Waals surface area contributed by atoms with Crippen molar-refractivity contribution in [3.05, 3.63) is 22.7 Å². The summed E-state index contributed by atoms with van der Waals surface area (Å²) in [7, 11) is 0. The molecule has 0 unspecified atom stereocenters. The molecule has 0 bridgehead atoms. The molecule has 3 rings (SSSR count). The molecule has 0 spiro atoms. The van der Waals surface area contributed by atoms with Gasteiger partial charge in [-0.3, -0.25) is 9.59 Å². The third-order valence-electron chi connectivity index (χ3n) is 4.80. The Hall–Kier alpha value is -1.89. The predicted molar refractivity (Wildman–Crippen MR) is 86.3 cm³/mol. The highest BCUT2D eigenvalue weighted by atomic mass is 16.3. The topological polar surface area (TPSA) is 98.3 Å². The third kappa shape index (κ3) is 3.90. The Morgan fingerprint density at radius 1 is 1.43 bits per heavy atom. The molecule has 2 heterocycles. The van der Waals surface area contributed by atoms with Gasteiger partial charge < -0.3 is 20.3 Å². The number of aromatic amines is 1. The largest absolute Gasteiger partial charge is 0.389 e. The normalized spacial score (nSPS) is 23.7. The lowest BCUT2D eigenvalue weighted by Gasteiger charge is -2.34. The van der Waals surface area contributed by atoms with Crippen molar-refractivity contribution in [2.24, 2.45) is 0 Å². The molecule has 1 saturated heterocycles. The van der Waals surface area contributed by atoms with E-state index in [9.17, 15) is 14.7 Å². The summed E-state index contributed by atoms with van der Waals surface area (Å²) in [6.07, 6.45) is 8.42. The van der Waals surface area contributed by atoms with E-state index in [4.69, 9.17) is 0 Å². The average molecular weight is 320 g/mol. The first kappa shape index (κ1) is 16.0. The minimum absolute atomic E-state index is 0.0114. The van der Waals surface area contributed by atoms with Gasteiger partial charge in [0.15, 0.2) is 5.82 Å². The zero-order valence-electron chi connectivity index (χ0n) is 13.3. The van der Waals surface area contributed by atoms with Crippen LogP contribution in [0.25, 0.3) is 0 Å². The third-order valence-corrected chi connectivity index (χ3v) is 4.80. The molecule has 1 aliphatic heterocycles. The summed E-state index contributed by atoms with van der Waals surface area (Å²) >= 11 is 0. The number of carbonyl (C=O) groups is 1. The SMILES string of the molecule is O=C(CC1(O)CCCC1)N[C@@H]1CCCN(c2ncc[nH]c2=O)C1. The zero-order valence-corrected chi connectivity index (χ0v) is 13.3. The Balaban J connectivity index is 1.57. The molecule has 1 saturated carbocycles. The van der Waals surface area contributed by atoms with Crippen molar-refractivity contribution in [2.45, 2.75) is 56.6 Å². The van der Waals surface area contributed by atoms with E-state index in [1.54, 1.807) is 6.20 Å². The van der Waals surface area contributed by atoms with Gasteiger partial charge in [0.1, 0.15) is 0 Å². The van der Waals surface area contributed by atoms with Crippen molar-refractivity contribution >= 4 is 11.7 Å². The minimum atomic E-state index is -0.823. The molecule has 2 aliphatic rings. The fourth-order valence-electron chi connectivity index (χ4n) is 3.64. The van der Waals surface area contributed by atoms with Crippen LogP contribution in [0.4, 0.5) is 5.82 Å². The van der Waals surface area contributed by atoms with Crippen molar-refractivity contribution in [3.8, 4) is 0 Å². The van der Waals surface area contributed by atoms with Crippen LogP contribution >= 0.6 is 0 Å². The standard InChI is InChI=1S/C16H24N4O3/c21-13(10-16(23)5-1-2-6-16)19-12-4-3-9-20(11-12)14-15(22)18-8-7-17-14/h7-8,12,23H,1-6,9-11H2,(H,18,22)(H,19,21)/t12-/m1/s1. The van der Waals surface area contributed by atoms with E-state index in [2.05, 4.69) is 15.3 Å². The molecule has 126 valence electrons. The summed E-state index contributed by atoms with van der Waals surface area (Å²) in [5, 5.41) is 13.3. The lowest BCUT2D eigenvalue weighted by Crippen LogP contribution is -2.50. The molecule has 7 heteroatoms. The predicted octanol–water partition coefficient (Wildman–Crippen LogP) is 0.550. The van der Waals surface area contributed by atoms with Gasteiger partial charge in [-0.05, 0) is 25.7 Å². The number of carbonyl (C=O) groups excluding carboxylic acids is 1. The second kappa shape index (κ2) is 6.70. The first-order valence-corrected chi connectivity index (χ1v) is 8.36. The number of nitrogens with zero attached hydrogens (tertiary/aromatic N) is 2. The van der Waals surface area contributed by atoms with Gasteiger partial charge >= 0.3 is 0 Å². The van der Waals surface area contributed by atoms with E-state index in [0.29, 0.717) is 25.2 Å². The van der Waals surface area contributed by atoms with Gasteiger partial charge in [-0.1, -0.05) is 12.8 Å². The van der Waals surface area contributed by atoms with Crippen LogP contribution in [0.3, 0.4) is 0 Å². The maximum Gasteiger partial charge on any atom is 0.290 e. The van der Waals surface area contributed by atoms with E-state index in [1.165, 1.54) is 6.20 Å². The Kier molecular flexibility index (Phi) is 4.66. The molecular weight excluding hydrogens is 296 g/mol. The zero-order chi connectivity index (χ0) is 16.3. The summed E-state index contributed by atoms with van der Waals surface area (Å²) in [6, 6.07) is -0.0114. The Labute approximate surface area is 135 Å². The van der Waals surface area contributed by atoms with E-state index < -0.39 is 5.60 Å². The van der Waals surface area contributed by atoms with Crippen LogP contribution in [-0.2, 0) is 4.79 Å². The van der Waals surface area contributed by atoms with E-state index >= 15 is 0 Å². The number of aromatic nitrogens is 2. The van der Waals surface area contributed by atoms with Gasteiger partial charge in [0, 0.05) is 31.5 Å². The second-order valence-electron chi connectivity index (χ2n) is 6.70. The van der Waals surface area contributed by atoms with Gasteiger partial charge in [-0.25, -0.2) is 4.98 Å². The molecule has 1 aromatic heterocycles. The number of hydrogen-bond acceptors (Lipinski definition) is 5. The number of anilines is 1. The molecule has 3 N–H and O–H groups in total. The molecule has 0 radical (unpaired) electrons. The van der Waals surface area contributed by atoms with Crippen molar-refractivity contribution in [1.82, 2.24) is 15.3 Å². The summed E-state index contributed by atoms with van der Waals surface area (Å²) in [6.45, 7) is 1.33. The van der Waals surface area contributed by atoms with Crippen LogP contribution in [0, 0.1) is 0 Å². The van der Waals surface area contributed by atoms with Crippen LogP contribution in [0.15, 0.2) is 17.2 Å². The van der Waals surface area contributed by atoms with Crippen molar-refractivity contribution in [2.75, 3.05) is 18.0 Å². The van der Waals surface area contributed by atoms with Crippen LogP contribution in [0.2, 0.25) is 0 Å². The molecule has 1 amide bonds. The number of aliphatic hydroxyl groups is 1. The molecule has 1 aromatic rings. The number of amides is 1. The highest BCUT2D eigenvalue weighted by Crippen LogP contribution is 2.32. The molecule has 0 aromatic carbocycles. The number of nitrogens with one attached hydrogen (secondary N) is 2. The van der Waals surface area contributed by atoms with Crippen LogP contribution in [-0.4, -0.2) is 45.7 Å². The van der Waals surface area contributed by atoms with Crippen molar-refractivity contribution in [3.63, 3.8) is 0 Å². The number of rotatable bonds is 4. The maximum atomic E-state index is 12.2. The summed E-state index contributed by atoms with van der Waals surface area (Å²) in [4.78, 5) is 32.7. The monoisotopic (exact) mass is 320 g/mol. The molecule has 23 heavy (non-hydrogen) atoms. The van der Waals surface area contributed by atoms with Crippen molar-refractivity contribution < 1.29 is 9.90 Å². The Bertz CT molecular complexity index is 609. The highest BCUT2D eigenvalue weighted by Gasteiger charge is 2.34. The highest BCUT2D eigenvalue weighted by molar-refractivity contribution is 5.77. The van der Waals surface area contributed by atoms with Crippen molar-refractivity contribution in [1.29, 1.82) is 0 Å². The van der Waals surface area contributed by atoms with Crippen LogP contribution in [0.5, 0.6) is 0 Å². The molecule has 1 atom stereocenters. The van der Waals surface area contributed by atoms with E-state index in [1.807, 2.05) is 4.90 Å². The Morgan fingerprint density at radius 3 is 2.96 bits per heavy atom. The molecular formula is C16H24N4O3. The summed E-state index contributed by atoms with van der Waals surface area (Å²) in [5.41, 5.74) is -1.03. The summed E-state index contributed by atoms with van der Waals surface area (Å²) in [5.74, 6) is 0.303. The van der Waals surface area contributed by atoms with Gasteiger partial charge in [0.25, 0.3) is 5.56 Å². The van der Waals surface area contributed by atoms with Crippen LogP contribution < -0.4 is 15.8 Å². The van der Waals surface area contributed by atoms with Crippen LogP contribution in [0.1, 0.15) is 44.9 Å².